The van der Waals surface area contributed by atoms with Gasteiger partial charge in [0.25, 0.3) is 5.69 Å². The molecule has 0 unspecified atom stereocenters. The topological polar surface area (TPSA) is 166 Å². The van der Waals surface area contributed by atoms with E-state index >= 15 is 0 Å². The molecule has 0 spiro atoms. The SMILES string of the molecule is CC(=NNC(=O)C(=O)Nc1ccc(Br)cc1F)c1ccc(Oc2ccc([N+](=O)[O-])cc2[N+](=O)[O-])cc1. The minimum absolute atomic E-state index is 0.178. The molecule has 0 aliphatic rings. The van der Waals surface area contributed by atoms with Crippen LogP contribution in [0, 0.1) is 26.0 Å². The Bertz CT molecular complexity index is 1400. The van der Waals surface area contributed by atoms with Crippen molar-refractivity contribution in [1.82, 2.24) is 5.43 Å². The Balaban J connectivity index is 1.65. The molecular weight excluding hydrogens is 545 g/mol. The number of hydrogen-bond acceptors (Lipinski definition) is 8. The molecule has 36 heavy (non-hydrogen) atoms. The zero-order valence-corrected chi connectivity index (χ0v) is 19.8. The molecule has 0 bridgehead atoms. The second-order valence-corrected chi connectivity index (χ2v) is 7.92. The molecule has 0 fully saturated rings. The summed E-state index contributed by atoms with van der Waals surface area (Å²) in [5.74, 6) is -2.97. The minimum Gasteiger partial charge on any atom is -0.450 e. The number of carbonyl (C=O) groups is 2. The summed E-state index contributed by atoms with van der Waals surface area (Å²) in [4.78, 5) is 44.5. The molecule has 0 radical (unpaired) electrons. The second-order valence-electron chi connectivity index (χ2n) is 7.01. The van der Waals surface area contributed by atoms with Crippen molar-refractivity contribution in [1.29, 1.82) is 0 Å². The van der Waals surface area contributed by atoms with Crippen LogP contribution in [0.5, 0.6) is 11.5 Å². The number of rotatable bonds is 7. The number of nitro groups is 2. The van der Waals surface area contributed by atoms with Crippen molar-refractivity contribution in [3.8, 4) is 11.5 Å². The lowest BCUT2D eigenvalue weighted by Gasteiger charge is -2.08. The van der Waals surface area contributed by atoms with E-state index in [1.165, 1.54) is 36.4 Å². The lowest BCUT2D eigenvalue weighted by molar-refractivity contribution is -0.394. The highest BCUT2D eigenvalue weighted by Gasteiger charge is 2.21. The van der Waals surface area contributed by atoms with E-state index in [1.807, 2.05) is 0 Å². The van der Waals surface area contributed by atoms with Crippen LogP contribution in [0.3, 0.4) is 0 Å². The average Bonchev–Trinajstić information content (AvgIpc) is 2.84. The fourth-order valence-corrected chi connectivity index (χ4v) is 3.09. The lowest BCUT2D eigenvalue weighted by Crippen LogP contribution is -2.33. The van der Waals surface area contributed by atoms with Crippen molar-refractivity contribution in [2.75, 3.05) is 5.32 Å². The van der Waals surface area contributed by atoms with E-state index in [1.54, 1.807) is 6.92 Å². The predicted molar refractivity (Wildman–Crippen MR) is 129 cm³/mol. The van der Waals surface area contributed by atoms with Gasteiger partial charge in [0.15, 0.2) is 0 Å². The third-order valence-electron chi connectivity index (χ3n) is 4.56. The van der Waals surface area contributed by atoms with Crippen LogP contribution in [-0.2, 0) is 9.59 Å². The highest BCUT2D eigenvalue weighted by Crippen LogP contribution is 2.34. The van der Waals surface area contributed by atoms with E-state index in [-0.39, 0.29) is 17.2 Å². The van der Waals surface area contributed by atoms with Crippen molar-refractivity contribution < 1.29 is 28.6 Å². The molecule has 2 amide bonds. The monoisotopic (exact) mass is 559 g/mol. The van der Waals surface area contributed by atoms with Gasteiger partial charge in [0.05, 0.1) is 27.3 Å². The van der Waals surface area contributed by atoms with Gasteiger partial charge in [0.1, 0.15) is 11.6 Å². The number of nitrogens with zero attached hydrogens (tertiary/aromatic N) is 3. The molecule has 0 saturated heterocycles. The first-order chi connectivity index (χ1) is 17.0. The smallest absolute Gasteiger partial charge is 0.329 e. The number of non-ortho nitro benzene ring substituents is 1. The maximum atomic E-state index is 13.8. The van der Waals surface area contributed by atoms with E-state index < -0.39 is 38.9 Å². The molecule has 0 aromatic heterocycles. The number of nitro benzene ring substituents is 2. The van der Waals surface area contributed by atoms with Crippen LogP contribution < -0.4 is 15.5 Å². The Morgan fingerprint density at radius 3 is 2.28 bits per heavy atom. The van der Waals surface area contributed by atoms with Gasteiger partial charge in [0.2, 0.25) is 5.75 Å². The zero-order chi connectivity index (χ0) is 26.4. The molecule has 0 atom stereocenters. The first kappa shape index (κ1) is 25.9. The fourth-order valence-electron chi connectivity index (χ4n) is 2.76. The summed E-state index contributed by atoms with van der Waals surface area (Å²) in [6, 6.07) is 12.9. The molecule has 184 valence electrons. The predicted octanol–water partition coefficient (Wildman–Crippen LogP) is 4.68. The Morgan fingerprint density at radius 2 is 1.67 bits per heavy atom. The molecule has 0 aliphatic carbocycles. The summed E-state index contributed by atoms with van der Waals surface area (Å²) in [6.45, 7) is 1.55. The van der Waals surface area contributed by atoms with E-state index in [0.717, 1.165) is 24.3 Å². The molecular formula is C22H15BrFN5O7. The van der Waals surface area contributed by atoms with Gasteiger partial charge < -0.3 is 10.1 Å². The van der Waals surface area contributed by atoms with Gasteiger partial charge in [-0.05, 0) is 61.0 Å². The fraction of sp³-hybridized carbons (Fsp3) is 0.0455. The van der Waals surface area contributed by atoms with Crippen LogP contribution in [-0.4, -0.2) is 27.4 Å². The largest absolute Gasteiger partial charge is 0.450 e. The summed E-state index contributed by atoms with van der Waals surface area (Å²) in [5, 5.41) is 28.1. The number of nitrogens with one attached hydrogen (secondary N) is 2. The molecule has 0 aliphatic heterocycles. The number of hydrazone groups is 1. The first-order valence-corrected chi connectivity index (χ1v) is 10.7. The van der Waals surface area contributed by atoms with Gasteiger partial charge in [-0.15, -0.1) is 0 Å². The van der Waals surface area contributed by atoms with Gasteiger partial charge in [-0.3, -0.25) is 29.8 Å². The molecule has 12 nitrogen and oxygen atoms in total. The number of anilines is 1. The van der Waals surface area contributed by atoms with Gasteiger partial charge in [-0.1, -0.05) is 15.9 Å². The van der Waals surface area contributed by atoms with Crippen LogP contribution in [0.1, 0.15) is 12.5 Å². The van der Waals surface area contributed by atoms with Crippen molar-refractivity contribution in [2.24, 2.45) is 5.10 Å². The molecule has 3 rings (SSSR count). The Hall–Kier alpha value is -4.72. The average molecular weight is 560 g/mol. The first-order valence-electron chi connectivity index (χ1n) is 9.87. The van der Waals surface area contributed by atoms with Crippen LogP contribution in [0.15, 0.2) is 70.2 Å². The van der Waals surface area contributed by atoms with Crippen molar-refractivity contribution in [3.05, 3.63) is 96.7 Å². The molecule has 14 heteroatoms. The molecule has 3 aromatic rings. The zero-order valence-electron chi connectivity index (χ0n) is 18.2. The van der Waals surface area contributed by atoms with Gasteiger partial charge in [-0.25, -0.2) is 9.82 Å². The number of carbonyl (C=O) groups excluding carboxylic acids is 2. The van der Waals surface area contributed by atoms with E-state index in [0.29, 0.717) is 15.7 Å². The summed E-state index contributed by atoms with van der Waals surface area (Å²) < 4.78 is 19.8. The normalized spacial score (nSPS) is 10.9. The molecule has 2 N–H and O–H groups in total. The molecule has 0 heterocycles. The summed E-state index contributed by atoms with van der Waals surface area (Å²) in [5.41, 5.74) is 1.68. The maximum Gasteiger partial charge on any atom is 0.329 e. The van der Waals surface area contributed by atoms with Crippen LogP contribution in [0.2, 0.25) is 0 Å². The number of benzene rings is 3. The number of hydrogen-bond donors (Lipinski definition) is 2. The van der Waals surface area contributed by atoms with Crippen LogP contribution in [0.4, 0.5) is 21.5 Å². The molecule has 3 aromatic carbocycles. The lowest BCUT2D eigenvalue weighted by atomic mass is 10.1. The summed E-state index contributed by atoms with van der Waals surface area (Å²) in [7, 11) is 0. The summed E-state index contributed by atoms with van der Waals surface area (Å²) in [6.07, 6.45) is 0. The van der Waals surface area contributed by atoms with Crippen molar-refractivity contribution >= 4 is 50.5 Å². The standard InChI is InChI=1S/C22H15BrFN5O7/c1-12(26-27-22(31)21(30)25-18-8-4-14(23)10-17(18)24)13-2-6-16(7-3-13)36-20-9-5-15(28(32)33)11-19(20)29(34)35/h2-11H,1H3,(H,25,30)(H,27,31). The second kappa shape index (κ2) is 11.1. The molecule has 0 saturated carbocycles. The van der Waals surface area contributed by atoms with Crippen molar-refractivity contribution in [2.45, 2.75) is 6.92 Å². The third-order valence-corrected chi connectivity index (χ3v) is 5.05. The Morgan fingerprint density at radius 1 is 0.972 bits per heavy atom. The Labute approximate surface area is 210 Å². The number of ether oxygens (including phenoxy) is 1. The number of halogens is 2. The van der Waals surface area contributed by atoms with E-state index in [4.69, 9.17) is 4.74 Å². The highest BCUT2D eigenvalue weighted by atomic mass is 79.9. The minimum atomic E-state index is -1.12. The van der Waals surface area contributed by atoms with Gasteiger partial charge >= 0.3 is 17.5 Å². The maximum absolute atomic E-state index is 13.8. The van der Waals surface area contributed by atoms with E-state index in [2.05, 4.69) is 31.8 Å². The van der Waals surface area contributed by atoms with Gasteiger partial charge in [-0.2, -0.15) is 5.10 Å². The van der Waals surface area contributed by atoms with Crippen LogP contribution >= 0.6 is 15.9 Å². The summed E-state index contributed by atoms with van der Waals surface area (Å²) >= 11 is 3.08. The number of amides is 2. The Kier molecular flexibility index (Phi) is 8.01. The van der Waals surface area contributed by atoms with Crippen molar-refractivity contribution in [3.63, 3.8) is 0 Å². The highest BCUT2D eigenvalue weighted by molar-refractivity contribution is 9.10. The van der Waals surface area contributed by atoms with Gasteiger partial charge in [0, 0.05) is 10.5 Å². The quantitative estimate of drug-likeness (QED) is 0.183. The third kappa shape index (κ3) is 6.44. The van der Waals surface area contributed by atoms with Crippen LogP contribution in [0.25, 0.3) is 0 Å². The van der Waals surface area contributed by atoms with E-state index in [9.17, 15) is 34.2 Å².